The topological polar surface area (TPSA) is 98.5 Å². The van der Waals surface area contributed by atoms with E-state index in [0.29, 0.717) is 11.6 Å². The molecule has 6 nitrogen and oxygen atoms in total. The predicted octanol–water partition coefficient (Wildman–Crippen LogP) is 0.923. The van der Waals surface area contributed by atoms with Gasteiger partial charge in [-0.1, -0.05) is 19.1 Å². The van der Waals surface area contributed by atoms with E-state index in [1.54, 1.807) is 18.2 Å². The smallest absolute Gasteiger partial charge is 0.309 e. The highest BCUT2D eigenvalue weighted by Crippen LogP contribution is 2.38. The fraction of sp³-hybridized carbons (Fsp3) is 0.357. The van der Waals surface area contributed by atoms with Crippen molar-refractivity contribution in [1.82, 2.24) is 0 Å². The van der Waals surface area contributed by atoms with Gasteiger partial charge in [0.15, 0.2) is 6.61 Å². The van der Waals surface area contributed by atoms with Crippen molar-refractivity contribution < 1.29 is 19.1 Å². The number of ether oxygens (including phenoxy) is 1. The number of para-hydroxylation sites is 1. The van der Waals surface area contributed by atoms with Gasteiger partial charge in [-0.05, 0) is 24.5 Å². The molecule has 0 spiro atoms. The first-order valence-electron chi connectivity index (χ1n) is 6.34. The zero-order chi connectivity index (χ0) is 14.7. The van der Waals surface area contributed by atoms with Gasteiger partial charge in [0.05, 0.1) is 17.2 Å². The summed E-state index contributed by atoms with van der Waals surface area (Å²) in [6.07, 6.45) is 0.810. The summed E-state index contributed by atoms with van der Waals surface area (Å²) < 4.78 is 4.90. The maximum atomic E-state index is 11.7. The summed E-state index contributed by atoms with van der Waals surface area (Å²) in [5.74, 6) is -1.23. The molecule has 1 aliphatic carbocycles. The van der Waals surface area contributed by atoms with Crippen LogP contribution in [0.3, 0.4) is 0 Å². The third-order valence-corrected chi connectivity index (χ3v) is 3.22. The second-order valence-corrected chi connectivity index (χ2v) is 4.89. The van der Waals surface area contributed by atoms with E-state index in [-0.39, 0.29) is 24.1 Å². The molecule has 2 rings (SSSR count). The Morgan fingerprint density at radius 2 is 2.00 bits per heavy atom. The molecule has 0 radical (unpaired) electrons. The van der Waals surface area contributed by atoms with Gasteiger partial charge in [0.2, 0.25) is 0 Å². The molecule has 0 saturated heterocycles. The van der Waals surface area contributed by atoms with Gasteiger partial charge in [-0.15, -0.1) is 0 Å². The highest BCUT2D eigenvalue weighted by Gasteiger charge is 2.40. The molecule has 0 unspecified atom stereocenters. The lowest BCUT2D eigenvalue weighted by Gasteiger charge is -2.09. The Bertz CT molecular complexity index is 556. The Kier molecular flexibility index (Phi) is 4.02. The van der Waals surface area contributed by atoms with E-state index >= 15 is 0 Å². The second-order valence-electron chi connectivity index (χ2n) is 4.89. The fourth-order valence-corrected chi connectivity index (χ4v) is 1.89. The van der Waals surface area contributed by atoms with Crippen LogP contribution in [0.4, 0.5) is 5.69 Å². The van der Waals surface area contributed by atoms with Crippen molar-refractivity contribution in [2.45, 2.75) is 13.3 Å². The van der Waals surface area contributed by atoms with Crippen molar-refractivity contribution in [2.75, 3.05) is 11.9 Å². The number of hydrogen-bond acceptors (Lipinski definition) is 4. The summed E-state index contributed by atoms with van der Waals surface area (Å²) >= 11 is 0. The van der Waals surface area contributed by atoms with Crippen LogP contribution in [0.25, 0.3) is 0 Å². The van der Waals surface area contributed by atoms with E-state index < -0.39 is 11.8 Å². The summed E-state index contributed by atoms with van der Waals surface area (Å²) in [5, 5.41) is 2.50. The molecule has 1 saturated carbocycles. The number of benzene rings is 1. The minimum atomic E-state index is -0.635. The molecule has 1 aromatic rings. The van der Waals surface area contributed by atoms with Gasteiger partial charge in [0, 0.05) is 0 Å². The quantitative estimate of drug-likeness (QED) is 0.781. The van der Waals surface area contributed by atoms with E-state index in [4.69, 9.17) is 10.5 Å². The van der Waals surface area contributed by atoms with Crippen molar-refractivity contribution in [3.05, 3.63) is 29.8 Å². The van der Waals surface area contributed by atoms with Crippen molar-refractivity contribution >= 4 is 23.5 Å². The molecular weight excluding hydrogens is 260 g/mol. The summed E-state index contributed by atoms with van der Waals surface area (Å²) in [5.41, 5.74) is 5.72. The largest absolute Gasteiger partial charge is 0.455 e. The molecule has 1 fully saturated rings. The molecule has 0 bridgehead atoms. The normalized spacial score (nSPS) is 20.1. The van der Waals surface area contributed by atoms with Crippen LogP contribution < -0.4 is 11.1 Å². The minimum absolute atomic E-state index is 0.0827. The highest BCUT2D eigenvalue weighted by atomic mass is 16.5. The summed E-state index contributed by atoms with van der Waals surface area (Å²) in [4.78, 5) is 34.3. The van der Waals surface area contributed by atoms with Crippen molar-refractivity contribution in [3.63, 3.8) is 0 Å². The Morgan fingerprint density at radius 3 is 2.60 bits per heavy atom. The summed E-state index contributed by atoms with van der Waals surface area (Å²) in [6, 6.07) is 6.38. The lowest BCUT2D eigenvalue weighted by Crippen LogP contribution is -2.23. The van der Waals surface area contributed by atoms with E-state index in [2.05, 4.69) is 5.32 Å². The molecule has 0 heterocycles. The Hall–Kier alpha value is -2.37. The number of rotatable bonds is 5. The zero-order valence-electron chi connectivity index (χ0n) is 11.1. The van der Waals surface area contributed by atoms with Gasteiger partial charge in [-0.25, -0.2) is 0 Å². The second kappa shape index (κ2) is 5.73. The summed E-state index contributed by atoms with van der Waals surface area (Å²) in [7, 11) is 0. The number of carbonyl (C=O) groups is 3. The van der Waals surface area contributed by atoms with Crippen LogP contribution in [0.2, 0.25) is 0 Å². The van der Waals surface area contributed by atoms with Crippen molar-refractivity contribution in [3.8, 4) is 0 Å². The van der Waals surface area contributed by atoms with Gasteiger partial charge >= 0.3 is 5.97 Å². The average Bonchev–Trinajstić information content (AvgIpc) is 3.13. The molecule has 2 atom stereocenters. The number of nitrogens with two attached hydrogens (primary N) is 1. The SMILES string of the molecule is C[C@H]1C[C@H]1C(=O)OCC(=O)Nc1ccccc1C(N)=O. The lowest BCUT2D eigenvalue weighted by molar-refractivity contribution is -0.148. The number of carbonyl (C=O) groups excluding carboxylic acids is 3. The molecule has 0 aromatic heterocycles. The number of hydrogen-bond donors (Lipinski definition) is 2. The minimum Gasteiger partial charge on any atom is -0.455 e. The summed E-state index contributed by atoms with van der Waals surface area (Å²) in [6.45, 7) is 1.59. The van der Waals surface area contributed by atoms with Crippen LogP contribution in [0.5, 0.6) is 0 Å². The third kappa shape index (κ3) is 3.34. The molecule has 3 N–H and O–H groups in total. The first-order valence-corrected chi connectivity index (χ1v) is 6.34. The zero-order valence-corrected chi connectivity index (χ0v) is 11.1. The van der Waals surface area contributed by atoms with Crippen LogP contribution in [0.15, 0.2) is 24.3 Å². The highest BCUT2D eigenvalue weighted by molar-refractivity contribution is 6.03. The van der Waals surface area contributed by atoms with Crippen LogP contribution in [0.1, 0.15) is 23.7 Å². The Morgan fingerprint density at radius 1 is 1.35 bits per heavy atom. The molecule has 20 heavy (non-hydrogen) atoms. The van der Waals surface area contributed by atoms with E-state index in [1.165, 1.54) is 6.07 Å². The van der Waals surface area contributed by atoms with Crippen molar-refractivity contribution in [1.29, 1.82) is 0 Å². The number of anilines is 1. The van der Waals surface area contributed by atoms with Gasteiger partial charge < -0.3 is 15.8 Å². The maximum absolute atomic E-state index is 11.7. The molecule has 1 aliphatic rings. The van der Waals surface area contributed by atoms with Crippen LogP contribution in [-0.4, -0.2) is 24.4 Å². The monoisotopic (exact) mass is 276 g/mol. The van der Waals surface area contributed by atoms with Gasteiger partial charge in [-0.2, -0.15) is 0 Å². The first-order chi connectivity index (χ1) is 9.49. The van der Waals surface area contributed by atoms with Crippen LogP contribution >= 0.6 is 0 Å². The molecule has 1 aromatic carbocycles. The van der Waals surface area contributed by atoms with E-state index in [9.17, 15) is 14.4 Å². The van der Waals surface area contributed by atoms with Gasteiger partial charge in [-0.3, -0.25) is 14.4 Å². The van der Waals surface area contributed by atoms with E-state index in [1.807, 2.05) is 6.92 Å². The third-order valence-electron chi connectivity index (χ3n) is 3.22. The maximum Gasteiger partial charge on any atom is 0.309 e. The lowest BCUT2D eigenvalue weighted by atomic mass is 10.1. The Labute approximate surface area is 116 Å². The Balaban J connectivity index is 1.88. The number of nitrogens with one attached hydrogen (secondary N) is 1. The standard InChI is InChI=1S/C14H16N2O4/c1-8-6-10(8)14(19)20-7-12(17)16-11-5-3-2-4-9(11)13(15)18/h2-5,8,10H,6-7H2,1H3,(H2,15,18)(H,16,17)/t8-,10+/m0/s1. The molecule has 2 amide bonds. The molecule has 6 heteroatoms. The van der Waals surface area contributed by atoms with Crippen molar-refractivity contribution in [2.24, 2.45) is 17.6 Å². The van der Waals surface area contributed by atoms with Gasteiger partial charge in [0.25, 0.3) is 11.8 Å². The number of amides is 2. The van der Waals surface area contributed by atoms with E-state index in [0.717, 1.165) is 6.42 Å². The number of esters is 1. The van der Waals surface area contributed by atoms with Crippen LogP contribution in [-0.2, 0) is 14.3 Å². The van der Waals surface area contributed by atoms with Gasteiger partial charge in [0.1, 0.15) is 0 Å². The predicted molar refractivity (Wildman–Crippen MR) is 71.8 cm³/mol. The van der Waals surface area contributed by atoms with Crippen LogP contribution in [0, 0.1) is 11.8 Å². The molecule has 0 aliphatic heterocycles. The average molecular weight is 276 g/mol. The molecule has 106 valence electrons. The fourth-order valence-electron chi connectivity index (χ4n) is 1.89. The number of primary amides is 1. The molecular formula is C14H16N2O4. The first kappa shape index (κ1) is 14.0.